The van der Waals surface area contributed by atoms with Crippen LogP contribution in [-0.4, -0.2) is 79.9 Å². The zero-order chi connectivity index (χ0) is 61.0. The zero-order valence-electron chi connectivity index (χ0n) is 43.7. The number of halogens is 12. The molecule has 1 amide bonds. The second-order valence-corrected chi connectivity index (χ2v) is 28.2. The lowest BCUT2D eigenvalue weighted by atomic mass is 10.1. The van der Waals surface area contributed by atoms with Crippen molar-refractivity contribution >= 4 is 238 Å². The number of anilines is 1. The number of rotatable bonds is 10. The number of nitrogen functional groups attached to an aromatic ring is 1. The fraction of sp³-hybridized carbons (Fsp3) is 0.283. The molecule has 0 spiro atoms. The second kappa shape index (κ2) is 31.3. The molecule has 8 rings (SSSR count). The normalized spacial score (nSPS) is 11.1. The summed E-state index contributed by atoms with van der Waals surface area (Å²) in [5.74, 6) is -3.39. The Hall–Kier alpha value is -3.17. The van der Waals surface area contributed by atoms with Crippen molar-refractivity contribution < 1.29 is 47.3 Å². The predicted octanol–water partition coefficient (Wildman–Crippen LogP) is 18.2. The van der Waals surface area contributed by atoms with E-state index in [1.54, 1.807) is 58.0 Å². The van der Waals surface area contributed by atoms with Gasteiger partial charge in [0.15, 0.2) is 5.82 Å². The van der Waals surface area contributed by atoms with E-state index in [4.69, 9.17) is 78.3 Å². The van der Waals surface area contributed by atoms with Crippen LogP contribution in [0.15, 0.2) is 83.0 Å². The Morgan fingerprint density at radius 3 is 1.30 bits per heavy atom. The molecular formula is C53H47Br5Cl5F2N5O8S3. The molecule has 0 unspecified atom stereocenters. The van der Waals surface area contributed by atoms with E-state index < -0.39 is 40.6 Å². The van der Waals surface area contributed by atoms with Crippen molar-refractivity contribution in [1.29, 1.82) is 0 Å². The molecular weight excluding hydrogens is 1550 g/mol. The van der Waals surface area contributed by atoms with Crippen molar-refractivity contribution in [2.24, 2.45) is 0 Å². The van der Waals surface area contributed by atoms with Crippen LogP contribution in [0.3, 0.4) is 0 Å². The maximum absolute atomic E-state index is 13.8. The predicted molar refractivity (Wildman–Crippen MR) is 342 cm³/mol. The number of aromatic nitrogens is 3. The van der Waals surface area contributed by atoms with Gasteiger partial charge in [-0.25, -0.2) is 23.7 Å². The van der Waals surface area contributed by atoms with Crippen molar-refractivity contribution in [2.45, 2.75) is 84.8 Å². The van der Waals surface area contributed by atoms with E-state index in [9.17, 15) is 32.8 Å². The molecule has 28 heteroatoms. The van der Waals surface area contributed by atoms with Crippen LogP contribution in [0.4, 0.5) is 14.5 Å². The van der Waals surface area contributed by atoms with E-state index in [2.05, 4.69) is 94.6 Å². The summed E-state index contributed by atoms with van der Waals surface area (Å²) in [5, 5.41) is 12.5. The molecule has 3 heterocycles. The van der Waals surface area contributed by atoms with Crippen LogP contribution in [0, 0.1) is 11.6 Å². The van der Waals surface area contributed by atoms with Crippen molar-refractivity contribution in [1.82, 2.24) is 19.9 Å². The molecule has 3 aromatic heterocycles. The van der Waals surface area contributed by atoms with Gasteiger partial charge in [-0.2, -0.15) is 0 Å². The number of nitrogens with two attached hydrogens (primary N) is 1. The minimum Gasteiger partial charge on any atom is -0.481 e. The number of carboxylic acids is 1. The standard InChI is InChI=1S/C14H15BrClFO3.C13H13BrClNO2S.C11H10BrClN2OS.C9H5BrClNO2S.C6H4BrClFN/c1-14(2,3)20-11(19)7-9(18)6-8-4-5-10(15)12(16)13(8)17;1-13(2,3)18-10(17)6-9-16-8-5-4-7(14)11(15)12(8)19-9;1-15(2)9(16)5-8-14-7-4-3-6(12)10(13)11(7)17-8;10-4-1-2-5-9(8(4)11)15-6(12-5)3-7(13)14;7-3-1-2-4(10)6(9)5(3)8/h4-5H,6-7H2,1-3H3;4-5H,6H2,1-3H3;3-4H,5H2,1-2H3;1-2H,3H2,(H,13,14);1-2H,10H2. The highest BCUT2D eigenvalue weighted by molar-refractivity contribution is 9.11. The molecule has 0 bridgehead atoms. The third-order valence-electron chi connectivity index (χ3n) is 9.63. The molecule has 0 saturated heterocycles. The van der Waals surface area contributed by atoms with Gasteiger partial charge in [0.05, 0.1) is 80.7 Å². The molecule has 0 aliphatic rings. The fourth-order valence-electron chi connectivity index (χ4n) is 6.15. The number of fused-ring (bicyclic) bond motifs is 3. The number of hydrogen-bond acceptors (Lipinski definition) is 14. The van der Waals surface area contributed by atoms with E-state index >= 15 is 0 Å². The van der Waals surface area contributed by atoms with Crippen molar-refractivity contribution in [3.63, 3.8) is 0 Å². The molecule has 0 fully saturated rings. The number of amides is 1. The summed E-state index contributed by atoms with van der Waals surface area (Å²) in [4.78, 5) is 71.6. The molecule has 13 nitrogen and oxygen atoms in total. The highest BCUT2D eigenvalue weighted by Crippen LogP contribution is 2.38. The molecule has 3 N–H and O–H groups in total. The molecule has 0 radical (unpaired) electrons. The lowest BCUT2D eigenvalue weighted by Gasteiger charge is -2.19. The Morgan fingerprint density at radius 2 is 0.901 bits per heavy atom. The molecule has 0 aliphatic carbocycles. The summed E-state index contributed by atoms with van der Waals surface area (Å²) in [6.07, 6.45) is -0.152. The summed E-state index contributed by atoms with van der Waals surface area (Å²) < 4.78 is 42.8. The zero-order valence-corrected chi connectivity index (χ0v) is 57.9. The van der Waals surface area contributed by atoms with Crippen LogP contribution in [0.1, 0.15) is 68.5 Å². The highest BCUT2D eigenvalue weighted by atomic mass is 79.9. The van der Waals surface area contributed by atoms with Crippen molar-refractivity contribution in [3.05, 3.63) is 140 Å². The topological polar surface area (TPSA) is 192 Å². The van der Waals surface area contributed by atoms with Gasteiger partial charge in [0, 0.05) is 42.9 Å². The molecule has 434 valence electrons. The number of esters is 2. The number of ketones is 1. The smallest absolute Gasteiger partial charge is 0.313 e. The van der Waals surface area contributed by atoms with Gasteiger partial charge in [0.1, 0.15) is 44.2 Å². The van der Waals surface area contributed by atoms with Gasteiger partial charge < -0.3 is 25.2 Å². The van der Waals surface area contributed by atoms with Crippen LogP contribution in [-0.2, 0) is 59.1 Å². The van der Waals surface area contributed by atoms with Crippen LogP contribution < -0.4 is 5.73 Å². The summed E-state index contributed by atoms with van der Waals surface area (Å²) >= 11 is 50.0. The lowest BCUT2D eigenvalue weighted by molar-refractivity contribution is -0.156. The van der Waals surface area contributed by atoms with Gasteiger partial charge >= 0.3 is 17.9 Å². The third-order valence-corrected chi connectivity index (χ3v) is 19.6. The summed E-state index contributed by atoms with van der Waals surface area (Å²) in [7, 11) is 3.47. The van der Waals surface area contributed by atoms with Crippen molar-refractivity contribution in [3.8, 4) is 0 Å². The first-order valence-corrected chi connectivity index (χ1v) is 31.4. The van der Waals surface area contributed by atoms with E-state index in [1.807, 2.05) is 51.1 Å². The van der Waals surface area contributed by atoms with Crippen LogP contribution in [0.25, 0.3) is 30.6 Å². The number of benzene rings is 5. The molecule has 8 aromatic rings. The number of nitrogens with zero attached hydrogens (tertiary/aromatic N) is 4. The average molecular weight is 1590 g/mol. The minimum atomic E-state index is -0.885. The molecule has 5 aromatic carbocycles. The number of carboxylic acid groups (broad SMARTS) is 1. The Balaban J connectivity index is 0.000000221. The van der Waals surface area contributed by atoms with Gasteiger partial charge in [-0.3, -0.25) is 24.0 Å². The first-order chi connectivity index (χ1) is 37.5. The van der Waals surface area contributed by atoms with Crippen LogP contribution in [0.5, 0.6) is 0 Å². The van der Waals surface area contributed by atoms with Gasteiger partial charge in [-0.1, -0.05) is 64.1 Å². The molecule has 81 heavy (non-hydrogen) atoms. The molecule has 0 atom stereocenters. The van der Waals surface area contributed by atoms with Crippen molar-refractivity contribution in [2.75, 3.05) is 19.8 Å². The van der Waals surface area contributed by atoms with E-state index in [0.717, 1.165) is 49.1 Å². The van der Waals surface area contributed by atoms with Crippen LogP contribution >= 0.6 is 172 Å². The van der Waals surface area contributed by atoms with Gasteiger partial charge in [-0.05, 0) is 181 Å². The van der Waals surface area contributed by atoms with E-state index in [0.29, 0.717) is 40.4 Å². The first kappa shape index (κ1) is 70.3. The maximum atomic E-state index is 13.8. The number of Topliss-reactive ketones (excluding diaryl/α,β-unsaturated/α-hetero) is 1. The van der Waals surface area contributed by atoms with E-state index in [1.165, 1.54) is 46.1 Å². The van der Waals surface area contributed by atoms with Crippen LogP contribution in [0.2, 0.25) is 25.1 Å². The van der Waals surface area contributed by atoms with Gasteiger partial charge in [0.25, 0.3) is 0 Å². The number of thiazole rings is 3. The SMILES string of the molecule is CC(C)(C)OC(=O)CC(=O)Cc1ccc(Br)c(Cl)c1F.CC(C)(C)OC(=O)Cc1nc2ccc(Br)c(Cl)c2s1.CN(C)C(=O)Cc1nc2ccc(Br)c(Cl)c2s1.Nc1ccc(Br)c(Cl)c1F.O=C(O)Cc1nc2ccc(Br)c(Cl)c2s1. The molecule has 0 saturated carbocycles. The Labute approximate surface area is 544 Å². The number of carbonyl (C=O) groups is 5. The monoisotopic (exact) mass is 1580 g/mol. The number of aliphatic carboxylic acids is 1. The van der Waals surface area contributed by atoms with E-state index in [-0.39, 0.29) is 58.9 Å². The van der Waals surface area contributed by atoms with Gasteiger partial charge in [0.2, 0.25) is 5.91 Å². The minimum absolute atomic E-state index is 0.0278. The summed E-state index contributed by atoms with van der Waals surface area (Å²) in [6.45, 7) is 10.7. The lowest BCUT2D eigenvalue weighted by Crippen LogP contribution is -2.25. The van der Waals surface area contributed by atoms with Gasteiger partial charge in [-0.15, -0.1) is 34.0 Å². The molecule has 0 aliphatic heterocycles. The average Bonchev–Trinajstić information content (AvgIpc) is 4.12. The largest absolute Gasteiger partial charge is 0.481 e. The quantitative estimate of drug-likeness (QED) is 0.0571. The number of carbonyl (C=O) groups excluding carboxylic acids is 4. The second-order valence-electron chi connectivity index (χ2n) is 18.8. The Kier molecular flexibility index (Phi) is 27.2. The highest BCUT2D eigenvalue weighted by Gasteiger charge is 2.22. The first-order valence-electron chi connectivity index (χ1n) is 23.1. The number of ether oxygens (including phenoxy) is 2. The Morgan fingerprint density at radius 1 is 0.543 bits per heavy atom. The Bertz CT molecular complexity index is 3610. The summed E-state index contributed by atoms with van der Waals surface area (Å²) in [6, 6.07) is 17.2. The fourth-order valence-corrected chi connectivity index (χ4v) is 12.3. The summed E-state index contributed by atoms with van der Waals surface area (Å²) in [5.41, 5.74) is 6.68. The number of likely N-dealkylation sites (N-methyl/N-ethyl adjacent to an activating group) is 1. The third kappa shape index (κ3) is 22.0. The maximum Gasteiger partial charge on any atom is 0.313 e. The number of hydrogen-bond donors (Lipinski definition) is 2.